The summed E-state index contributed by atoms with van der Waals surface area (Å²) in [5.74, 6) is 0.311. The maximum atomic E-state index is 12.3. The Bertz CT molecular complexity index is 637. The molecule has 1 aliphatic rings. The first-order valence-corrected chi connectivity index (χ1v) is 7.11. The van der Waals surface area contributed by atoms with Gasteiger partial charge >= 0.3 is 0 Å². The molecule has 2 aromatic rings. The second kappa shape index (κ2) is 4.98. The van der Waals surface area contributed by atoms with Gasteiger partial charge in [-0.25, -0.2) is 4.98 Å². The Hall–Kier alpha value is -1.33. The van der Waals surface area contributed by atoms with E-state index in [0.717, 1.165) is 17.3 Å². The number of rotatable bonds is 3. The number of carbonyl (C=O) groups is 1. The first-order chi connectivity index (χ1) is 9.15. The van der Waals surface area contributed by atoms with E-state index in [1.165, 1.54) is 0 Å². The molecule has 1 saturated carbocycles. The summed E-state index contributed by atoms with van der Waals surface area (Å²) < 4.78 is 2.69. The molecule has 1 fully saturated rings. The van der Waals surface area contributed by atoms with E-state index >= 15 is 0 Å². The molecule has 2 heterocycles. The average Bonchev–Trinajstić information content (AvgIpc) is 3.15. The molecule has 0 spiro atoms. The predicted molar refractivity (Wildman–Crippen MR) is 77.6 cm³/mol. The third-order valence-corrected chi connectivity index (χ3v) is 3.83. The highest BCUT2D eigenvalue weighted by Gasteiger charge is 2.28. The molecule has 0 unspecified atom stereocenters. The number of carbonyl (C=O) groups excluding carboxylic acids is 1. The molecule has 0 aromatic carbocycles. The molecule has 0 radical (unpaired) electrons. The van der Waals surface area contributed by atoms with Gasteiger partial charge in [-0.1, -0.05) is 11.6 Å². The Morgan fingerprint density at radius 1 is 1.53 bits per heavy atom. The summed E-state index contributed by atoms with van der Waals surface area (Å²) >= 11 is 9.34. The Morgan fingerprint density at radius 3 is 3.00 bits per heavy atom. The van der Waals surface area contributed by atoms with Crippen LogP contribution in [0.25, 0.3) is 0 Å². The van der Waals surface area contributed by atoms with Crippen LogP contribution in [0, 0.1) is 0 Å². The number of aromatic nitrogens is 2. The fourth-order valence-electron chi connectivity index (χ4n) is 1.93. The number of hydrogen-bond acceptors (Lipinski definition) is 2. The minimum atomic E-state index is -0.196. The number of nitrogens with one attached hydrogen (secondary N) is 1. The van der Waals surface area contributed by atoms with Gasteiger partial charge < -0.3 is 9.88 Å². The predicted octanol–water partition coefficient (Wildman–Crippen LogP) is 3.89. The molecule has 2 aromatic heterocycles. The molecule has 98 valence electrons. The molecule has 0 saturated heterocycles. The molecule has 0 aliphatic heterocycles. The lowest BCUT2D eigenvalue weighted by molar-refractivity contribution is 0.101. The van der Waals surface area contributed by atoms with Crippen LogP contribution in [0.15, 0.2) is 35.1 Å². The van der Waals surface area contributed by atoms with Crippen molar-refractivity contribution in [1.82, 2.24) is 9.55 Å². The lowest BCUT2D eigenvalue weighted by Crippen LogP contribution is -2.17. The topological polar surface area (TPSA) is 46.9 Å². The van der Waals surface area contributed by atoms with Crippen molar-refractivity contribution >= 4 is 39.3 Å². The first-order valence-electron chi connectivity index (χ1n) is 5.94. The minimum absolute atomic E-state index is 0.196. The van der Waals surface area contributed by atoms with Crippen LogP contribution < -0.4 is 5.32 Å². The molecule has 0 atom stereocenters. The standard InChI is InChI=1S/C13H11BrClN3O/c14-10-2-1-5-16-12(10)17-13(19)11-6-8(15)7-18(11)9-3-4-9/h1-2,5-7,9H,3-4H2,(H,16,17,19). The molecule has 6 heteroatoms. The van der Waals surface area contributed by atoms with Crippen LogP contribution in [0.4, 0.5) is 5.82 Å². The molecule has 0 bridgehead atoms. The Morgan fingerprint density at radius 2 is 2.32 bits per heavy atom. The summed E-state index contributed by atoms with van der Waals surface area (Å²) in [6.07, 6.45) is 5.63. The number of anilines is 1. The van der Waals surface area contributed by atoms with E-state index in [1.54, 1.807) is 18.3 Å². The zero-order chi connectivity index (χ0) is 13.4. The Balaban J connectivity index is 1.86. The van der Waals surface area contributed by atoms with Gasteiger partial charge in [-0.2, -0.15) is 0 Å². The van der Waals surface area contributed by atoms with Crippen LogP contribution in [0.2, 0.25) is 5.02 Å². The molecule has 1 N–H and O–H groups in total. The zero-order valence-corrected chi connectivity index (χ0v) is 12.3. The van der Waals surface area contributed by atoms with Crippen molar-refractivity contribution in [3.63, 3.8) is 0 Å². The van der Waals surface area contributed by atoms with Crippen LogP contribution in [-0.4, -0.2) is 15.5 Å². The minimum Gasteiger partial charge on any atom is -0.339 e. The molecular formula is C13H11BrClN3O. The molecule has 1 aliphatic carbocycles. The second-order valence-electron chi connectivity index (χ2n) is 4.47. The quantitative estimate of drug-likeness (QED) is 0.921. The summed E-state index contributed by atoms with van der Waals surface area (Å²) in [7, 11) is 0. The fraction of sp³-hybridized carbons (Fsp3) is 0.231. The van der Waals surface area contributed by atoms with Crippen LogP contribution in [-0.2, 0) is 0 Å². The third kappa shape index (κ3) is 2.67. The normalized spacial score (nSPS) is 14.4. The molecule has 19 heavy (non-hydrogen) atoms. The first kappa shape index (κ1) is 12.7. The van der Waals surface area contributed by atoms with Crippen molar-refractivity contribution in [1.29, 1.82) is 0 Å². The summed E-state index contributed by atoms with van der Waals surface area (Å²) in [6.45, 7) is 0. The van der Waals surface area contributed by atoms with Gasteiger partial charge in [0.2, 0.25) is 0 Å². The maximum absolute atomic E-state index is 12.3. The summed E-state index contributed by atoms with van der Waals surface area (Å²) in [4.78, 5) is 16.4. The van der Waals surface area contributed by atoms with Gasteiger partial charge in [-0.05, 0) is 47.0 Å². The van der Waals surface area contributed by atoms with Gasteiger partial charge in [0.25, 0.3) is 5.91 Å². The zero-order valence-electron chi connectivity index (χ0n) is 9.94. The van der Waals surface area contributed by atoms with E-state index in [4.69, 9.17) is 11.6 Å². The van der Waals surface area contributed by atoms with Gasteiger partial charge in [-0.3, -0.25) is 4.79 Å². The van der Waals surface area contributed by atoms with Crippen LogP contribution in [0.5, 0.6) is 0 Å². The van der Waals surface area contributed by atoms with Crippen LogP contribution in [0.1, 0.15) is 29.4 Å². The summed E-state index contributed by atoms with van der Waals surface area (Å²) in [5, 5.41) is 3.37. The lowest BCUT2D eigenvalue weighted by atomic mass is 10.3. The highest BCUT2D eigenvalue weighted by atomic mass is 79.9. The van der Waals surface area contributed by atoms with Gasteiger partial charge in [0.1, 0.15) is 11.5 Å². The molecule has 4 nitrogen and oxygen atoms in total. The van der Waals surface area contributed by atoms with Crippen molar-refractivity contribution < 1.29 is 4.79 Å². The number of nitrogens with zero attached hydrogens (tertiary/aromatic N) is 2. The highest BCUT2D eigenvalue weighted by molar-refractivity contribution is 9.10. The van der Waals surface area contributed by atoms with Crippen molar-refractivity contribution in [2.45, 2.75) is 18.9 Å². The molecule has 1 amide bonds. The van der Waals surface area contributed by atoms with E-state index in [2.05, 4.69) is 26.2 Å². The SMILES string of the molecule is O=C(Nc1ncccc1Br)c1cc(Cl)cn1C1CC1. The molecular weight excluding hydrogens is 330 g/mol. The second-order valence-corrected chi connectivity index (χ2v) is 5.76. The van der Waals surface area contributed by atoms with E-state index in [1.807, 2.05) is 16.8 Å². The summed E-state index contributed by atoms with van der Waals surface area (Å²) in [6, 6.07) is 5.71. The maximum Gasteiger partial charge on any atom is 0.273 e. The number of amides is 1. The van der Waals surface area contributed by atoms with Crippen molar-refractivity contribution in [3.05, 3.63) is 45.8 Å². The van der Waals surface area contributed by atoms with Gasteiger partial charge in [0.15, 0.2) is 0 Å². The number of hydrogen-bond donors (Lipinski definition) is 1. The van der Waals surface area contributed by atoms with Gasteiger partial charge in [-0.15, -0.1) is 0 Å². The van der Waals surface area contributed by atoms with Crippen LogP contribution in [0.3, 0.4) is 0 Å². The van der Waals surface area contributed by atoms with Crippen LogP contribution >= 0.6 is 27.5 Å². The monoisotopic (exact) mass is 339 g/mol. The van der Waals surface area contributed by atoms with E-state index in [9.17, 15) is 4.79 Å². The largest absolute Gasteiger partial charge is 0.339 e. The van der Waals surface area contributed by atoms with Crippen molar-refractivity contribution in [2.75, 3.05) is 5.32 Å². The van der Waals surface area contributed by atoms with Crippen molar-refractivity contribution in [3.8, 4) is 0 Å². The Labute approximate surface area is 123 Å². The summed E-state index contributed by atoms with van der Waals surface area (Å²) in [5.41, 5.74) is 0.574. The smallest absolute Gasteiger partial charge is 0.273 e. The average molecular weight is 341 g/mol. The lowest BCUT2D eigenvalue weighted by Gasteiger charge is -2.08. The highest BCUT2D eigenvalue weighted by Crippen LogP contribution is 2.37. The van der Waals surface area contributed by atoms with Crippen molar-refractivity contribution in [2.24, 2.45) is 0 Å². The van der Waals surface area contributed by atoms with E-state index in [-0.39, 0.29) is 5.91 Å². The Kier molecular flexibility index (Phi) is 3.33. The number of halogens is 2. The molecule has 3 rings (SSSR count). The third-order valence-electron chi connectivity index (χ3n) is 2.98. The van der Waals surface area contributed by atoms with Gasteiger partial charge in [0, 0.05) is 18.4 Å². The number of pyridine rings is 1. The van der Waals surface area contributed by atoms with E-state index < -0.39 is 0 Å². The fourth-order valence-corrected chi connectivity index (χ4v) is 2.49. The van der Waals surface area contributed by atoms with Gasteiger partial charge in [0.05, 0.1) is 9.50 Å². The van der Waals surface area contributed by atoms with E-state index in [0.29, 0.717) is 22.6 Å².